The first kappa shape index (κ1) is 12.5. The van der Waals surface area contributed by atoms with E-state index in [0.29, 0.717) is 23.3 Å². The van der Waals surface area contributed by atoms with Gasteiger partial charge < -0.3 is 5.32 Å². The molecular weight excluding hydrogens is 268 g/mol. The molecule has 4 N–H and O–H groups in total. The molecule has 2 aliphatic carbocycles. The summed E-state index contributed by atoms with van der Waals surface area (Å²) in [6.45, 7) is 0.926. The van der Waals surface area contributed by atoms with Crippen LogP contribution in [0, 0.1) is 11.3 Å². The summed E-state index contributed by atoms with van der Waals surface area (Å²) in [5.74, 6) is 7.72. The summed E-state index contributed by atoms with van der Waals surface area (Å²) in [6, 6.07) is 0. The number of rotatable bonds is 6. The van der Waals surface area contributed by atoms with E-state index in [2.05, 4.69) is 30.7 Å². The molecule has 2 aromatic heterocycles. The average Bonchev–Trinajstić information content (AvgIpc) is 3.43. The fraction of sp³-hybridized carbons (Fsp3) is 0.538. The molecule has 2 aliphatic rings. The van der Waals surface area contributed by atoms with Crippen LogP contribution in [0.25, 0.3) is 5.95 Å². The monoisotopic (exact) mass is 286 g/mol. The highest BCUT2D eigenvalue weighted by molar-refractivity contribution is 5.37. The van der Waals surface area contributed by atoms with E-state index in [1.165, 1.54) is 25.7 Å². The van der Waals surface area contributed by atoms with Crippen LogP contribution in [0.2, 0.25) is 0 Å². The van der Waals surface area contributed by atoms with Crippen LogP contribution >= 0.6 is 0 Å². The van der Waals surface area contributed by atoms with E-state index in [9.17, 15) is 0 Å². The van der Waals surface area contributed by atoms with E-state index >= 15 is 0 Å². The van der Waals surface area contributed by atoms with E-state index in [1.807, 2.05) is 0 Å². The van der Waals surface area contributed by atoms with Gasteiger partial charge in [0, 0.05) is 18.9 Å². The van der Waals surface area contributed by atoms with Crippen LogP contribution in [0.4, 0.5) is 11.9 Å². The van der Waals surface area contributed by atoms with Gasteiger partial charge in [-0.05, 0) is 37.0 Å². The van der Waals surface area contributed by atoms with Crippen molar-refractivity contribution in [3.63, 3.8) is 0 Å². The summed E-state index contributed by atoms with van der Waals surface area (Å²) in [5, 5.41) is 3.35. The number of aromatic nitrogens is 5. The maximum Gasteiger partial charge on any atom is 0.243 e. The Morgan fingerprint density at radius 1 is 1.24 bits per heavy atom. The van der Waals surface area contributed by atoms with Crippen LogP contribution in [-0.2, 0) is 0 Å². The molecule has 2 fully saturated rings. The molecule has 0 atom stereocenters. The minimum absolute atomic E-state index is 0.340. The topological polar surface area (TPSA) is 107 Å². The smallest absolute Gasteiger partial charge is 0.243 e. The van der Waals surface area contributed by atoms with Gasteiger partial charge in [0.15, 0.2) is 0 Å². The van der Waals surface area contributed by atoms with Gasteiger partial charge in [0.25, 0.3) is 0 Å². The van der Waals surface area contributed by atoms with E-state index in [0.717, 1.165) is 12.5 Å². The molecule has 2 saturated carbocycles. The number of nitrogens with zero attached hydrogens (tertiary/aromatic N) is 5. The van der Waals surface area contributed by atoms with Gasteiger partial charge in [-0.1, -0.05) is 0 Å². The maximum atomic E-state index is 5.44. The van der Waals surface area contributed by atoms with Crippen molar-refractivity contribution in [1.29, 1.82) is 0 Å². The lowest BCUT2D eigenvalue weighted by Crippen LogP contribution is -2.21. The summed E-state index contributed by atoms with van der Waals surface area (Å²) >= 11 is 0. The predicted molar refractivity (Wildman–Crippen MR) is 77.6 cm³/mol. The lowest BCUT2D eigenvalue weighted by molar-refractivity contribution is 0.465. The number of imidazole rings is 1. The zero-order valence-corrected chi connectivity index (χ0v) is 11.7. The minimum Gasteiger partial charge on any atom is -0.353 e. The normalized spacial score (nSPS) is 19.3. The van der Waals surface area contributed by atoms with Crippen LogP contribution < -0.4 is 16.6 Å². The highest BCUT2D eigenvalue weighted by Gasteiger charge is 2.53. The number of nitrogens with two attached hydrogens (primary N) is 1. The lowest BCUT2D eigenvalue weighted by atomic mass is 10.0. The molecule has 8 nitrogen and oxygen atoms in total. The van der Waals surface area contributed by atoms with Crippen molar-refractivity contribution in [2.45, 2.75) is 25.7 Å². The molecule has 0 aliphatic heterocycles. The Hall–Kier alpha value is -2.22. The Kier molecular flexibility index (Phi) is 2.78. The van der Waals surface area contributed by atoms with Gasteiger partial charge in [0.1, 0.15) is 6.33 Å². The van der Waals surface area contributed by atoms with E-state index in [-0.39, 0.29) is 0 Å². The molecule has 8 heteroatoms. The summed E-state index contributed by atoms with van der Waals surface area (Å²) in [4.78, 5) is 16.9. The van der Waals surface area contributed by atoms with Crippen molar-refractivity contribution in [2.24, 2.45) is 17.2 Å². The largest absolute Gasteiger partial charge is 0.353 e. The minimum atomic E-state index is 0.340. The quantitative estimate of drug-likeness (QED) is 0.536. The summed E-state index contributed by atoms with van der Waals surface area (Å²) in [6.07, 6.45) is 10.5. The number of nitrogens with one attached hydrogen (secondary N) is 2. The van der Waals surface area contributed by atoms with Gasteiger partial charge >= 0.3 is 0 Å². The van der Waals surface area contributed by atoms with Crippen molar-refractivity contribution < 1.29 is 0 Å². The Morgan fingerprint density at radius 2 is 2.05 bits per heavy atom. The first-order chi connectivity index (χ1) is 10.3. The molecule has 21 heavy (non-hydrogen) atoms. The summed E-state index contributed by atoms with van der Waals surface area (Å²) in [7, 11) is 0. The molecule has 4 rings (SSSR count). The first-order valence-corrected chi connectivity index (χ1v) is 7.24. The van der Waals surface area contributed by atoms with Crippen LogP contribution in [-0.4, -0.2) is 31.0 Å². The maximum absolute atomic E-state index is 5.44. The van der Waals surface area contributed by atoms with Crippen molar-refractivity contribution in [3.05, 3.63) is 18.7 Å². The Bertz CT molecular complexity index is 630. The van der Waals surface area contributed by atoms with Crippen LogP contribution in [0.5, 0.6) is 0 Å². The zero-order valence-electron chi connectivity index (χ0n) is 11.7. The number of hydrazine groups is 1. The number of hydrogen-bond acceptors (Lipinski definition) is 7. The SMILES string of the molecule is NNc1nc(NCC2(C3CC3)CC2)nc(-n2ccnc2)n1. The van der Waals surface area contributed by atoms with Gasteiger partial charge in [-0.15, -0.1) is 0 Å². The Morgan fingerprint density at radius 3 is 2.67 bits per heavy atom. The highest BCUT2D eigenvalue weighted by atomic mass is 15.4. The van der Waals surface area contributed by atoms with Crippen LogP contribution in [0.3, 0.4) is 0 Å². The molecule has 0 radical (unpaired) electrons. The number of nitrogen functional groups attached to an aromatic ring is 1. The second kappa shape index (κ2) is 4.66. The molecule has 110 valence electrons. The predicted octanol–water partition coefficient (Wildman–Crippen LogP) is 0.945. The highest BCUT2D eigenvalue weighted by Crippen LogP contribution is 2.61. The fourth-order valence-electron chi connectivity index (χ4n) is 2.84. The second-order valence-electron chi connectivity index (χ2n) is 5.89. The third-order valence-corrected chi connectivity index (χ3v) is 4.42. The van der Waals surface area contributed by atoms with Crippen molar-refractivity contribution in [1.82, 2.24) is 24.5 Å². The molecule has 2 aromatic rings. The van der Waals surface area contributed by atoms with Crippen LogP contribution in [0.1, 0.15) is 25.7 Å². The summed E-state index contributed by atoms with van der Waals surface area (Å²) < 4.78 is 1.72. The molecule has 0 unspecified atom stereocenters. The molecule has 0 bridgehead atoms. The van der Waals surface area contributed by atoms with Crippen molar-refractivity contribution >= 4 is 11.9 Å². The average molecular weight is 286 g/mol. The Balaban J connectivity index is 1.55. The zero-order chi connectivity index (χ0) is 14.3. The summed E-state index contributed by atoms with van der Waals surface area (Å²) in [5.41, 5.74) is 2.97. The third kappa shape index (κ3) is 2.42. The first-order valence-electron chi connectivity index (χ1n) is 7.24. The second-order valence-corrected chi connectivity index (χ2v) is 5.89. The lowest BCUT2D eigenvalue weighted by Gasteiger charge is -2.15. The van der Waals surface area contributed by atoms with Gasteiger partial charge in [-0.2, -0.15) is 15.0 Å². The van der Waals surface area contributed by atoms with Crippen molar-refractivity contribution in [3.8, 4) is 5.95 Å². The van der Waals surface area contributed by atoms with E-state index < -0.39 is 0 Å². The molecule has 0 spiro atoms. The third-order valence-electron chi connectivity index (χ3n) is 4.42. The molecule has 0 saturated heterocycles. The van der Waals surface area contributed by atoms with Gasteiger partial charge in [-0.25, -0.2) is 10.8 Å². The number of anilines is 2. The van der Waals surface area contributed by atoms with Gasteiger partial charge in [-0.3, -0.25) is 9.99 Å². The standard InChI is InChI=1S/C13H18N8/c14-20-11-17-10(16-7-13(3-4-13)9-1-2-9)18-12(19-11)21-6-5-15-8-21/h5-6,8-9H,1-4,7,14H2,(H2,16,17,18,19,20). The van der Waals surface area contributed by atoms with Crippen molar-refractivity contribution in [2.75, 3.05) is 17.3 Å². The van der Waals surface area contributed by atoms with E-state index in [4.69, 9.17) is 5.84 Å². The molecule has 2 heterocycles. The number of hydrogen-bond donors (Lipinski definition) is 3. The molecule has 0 amide bonds. The molecule has 0 aromatic carbocycles. The van der Waals surface area contributed by atoms with Gasteiger partial charge in [0.05, 0.1) is 0 Å². The Labute approximate surface area is 122 Å². The van der Waals surface area contributed by atoms with Gasteiger partial charge in [0.2, 0.25) is 17.8 Å². The fourth-order valence-corrected chi connectivity index (χ4v) is 2.84. The van der Waals surface area contributed by atoms with Crippen LogP contribution in [0.15, 0.2) is 18.7 Å². The van der Waals surface area contributed by atoms with E-state index in [1.54, 1.807) is 23.3 Å². The molecular formula is C13H18N8.